The van der Waals surface area contributed by atoms with Gasteiger partial charge < -0.3 is 20.9 Å². The Morgan fingerprint density at radius 2 is 1.67 bits per heavy atom. The molecule has 0 aromatic heterocycles. The quantitative estimate of drug-likeness (QED) is 0.434. The smallest absolute Gasteiger partial charge is 0.323 e. The van der Waals surface area contributed by atoms with Crippen LogP contribution in [0, 0.1) is 11.3 Å². The number of hydrogen-bond acceptors (Lipinski definition) is 5. The fourth-order valence-corrected chi connectivity index (χ4v) is 4.29. The molecule has 1 atom stereocenters. The van der Waals surface area contributed by atoms with Crippen LogP contribution in [0.25, 0.3) is 0 Å². The van der Waals surface area contributed by atoms with Crippen molar-refractivity contribution in [1.29, 1.82) is 5.26 Å². The van der Waals surface area contributed by atoms with E-state index in [0.717, 1.165) is 11.1 Å². The molecule has 8 heteroatoms. The number of benzene rings is 3. The van der Waals surface area contributed by atoms with Gasteiger partial charge in [-0.1, -0.05) is 18.2 Å². The van der Waals surface area contributed by atoms with Gasteiger partial charge in [-0.3, -0.25) is 9.59 Å². The molecule has 3 aromatic carbocycles. The largest absolute Gasteiger partial charge is 0.330 e. The summed E-state index contributed by atoms with van der Waals surface area (Å²) in [5.41, 5.74) is 4.63. The fraction of sp³-hybridized carbons (Fsp3) is 0.214. The van der Waals surface area contributed by atoms with Gasteiger partial charge in [0.05, 0.1) is 17.7 Å². The zero-order valence-electron chi connectivity index (χ0n) is 20.2. The Hall–Kier alpha value is -4.48. The molecule has 36 heavy (non-hydrogen) atoms. The molecule has 182 valence electrons. The highest BCUT2D eigenvalue weighted by Gasteiger charge is 2.33. The van der Waals surface area contributed by atoms with Crippen molar-refractivity contribution in [1.82, 2.24) is 10.2 Å². The second kappa shape index (κ2) is 10.8. The standard InChI is InChI=1S/C28H27N5O3/c1-18(34)20-7-10-23(11-8-20)31-28(36)32-24-12-9-22-15-26(21-5-3-19(17-29)4-6-21)33(14-13-30-2)27(35)25(22)16-24/h3-12,16,26,30H,13-15H2,1-2H3,(H2,31,32,36). The Balaban J connectivity index is 1.53. The summed E-state index contributed by atoms with van der Waals surface area (Å²) in [5, 5.41) is 17.7. The number of hydrogen-bond donors (Lipinski definition) is 3. The Kier molecular flexibility index (Phi) is 7.42. The molecule has 0 fully saturated rings. The lowest BCUT2D eigenvalue weighted by Gasteiger charge is -2.37. The molecule has 0 spiro atoms. The lowest BCUT2D eigenvalue weighted by molar-refractivity contribution is 0.0650. The Morgan fingerprint density at radius 1 is 1.00 bits per heavy atom. The minimum absolute atomic E-state index is 0.0464. The maximum absolute atomic E-state index is 13.5. The van der Waals surface area contributed by atoms with Crippen LogP contribution < -0.4 is 16.0 Å². The third-order valence-corrected chi connectivity index (χ3v) is 6.23. The molecule has 0 bridgehead atoms. The summed E-state index contributed by atoms with van der Waals surface area (Å²) in [6.45, 7) is 2.64. The van der Waals surface area contributed by atoms with E-state index in [0.29, 0.717) is 47.6 Å². The monoisotopic (exact) mass is 481 g/mol. The van der Waals surface area contributed by atoms with Crippen LogP contribution in [0.1, 0.15) is 50.4 Å². The van der Waals surface area contributed by atoms with E-state index in [4.69, 9.17) is 5.26 Å². The summed E-state index contributed by atoms with van der Waals surface area (Å²) >= 11 is 0. The average Bonchev–Trinajstić information content (AvgIpc) is 2.88. The van der Waals surface area contributed by atoms with Gasteiger partial charge in [0.25, 0.3) is 5.91 Å². The number of carbonyl (C=O) groups is 3. The molecule has 0 aliphatic carbocycles. The van der Waals surface area contributed by atoms with Crippen molar-refractivity contribution < 1.29 is 14.4 Å². The van der Waals surface area contributed by atoms with Gasteiger partial charge in [-0.2, -0.15) is 5.26 Å². The molecule has 0 saturated carbocycles. The Bertz CT molecular complexity index is 1330. The molecule has 3 aromatic rings. The van der Waals surface area contributed by atoms with Crippen LogP contribution in [-0.4, -0.2) is 42.8 Å². The minimum atomic E-state index is -0.448. The number of anilines is 2. The molecule has 3 amide bonds. The van der Waals surface area contributed by atoms with Crippen LogP contribution in [0.5, 0.6) is 0 Å². The number of nitriles is 1. The molecular formula is C28H27N5O3. The number of ketones is 1. The minimum Gasteiger partial charge on any atom is -0.330 e. The SMILES string of the molecule is CNCCN1C(=O)c2cc(NC(=O)Nc3ccc(C(C)=O)cc3)ccc2CC1c1ccc(C#N)cc1. The molecule has 1 aliphatic rings. The zero-order valence-corrected chi connectivity index (χ0v) is 20.2. The van der Waals surface area contributed by atoms with Crippen molar-refractivity contribution in [3.8, 4) is 6.07 Å². The topological polar surface area (TPSA) is 114 Å². The number of fused-ring (bicyclic) bond motifs is 1. The molecule has 0 saturated heterocycles. The van der Waals surface area contributed by atoms with Crippen LogP contribution in [0.15, 0.2) is 66.7 Å². The number of nitrogens with one attached hydrogen (secondary N) is 3. The number of urea groups is 1. The summed E-state index contributed by atoms with van der Waals surface area (Å²) in [6.07, 6.45) is 0.631. The fourth-order valence-electron chi connectivity index (χ4n) is 4.29. The first kappa shape index (κ1) is 24.6. The van der Waals surface area contributed by atoms with Crippen molar-refractivity contribution >= 4 is 29.1 Å². The van der Waals surface area contributed by atoms with Crippen molar-refractivity contribution in [2.24, 2.45) is 0 Å². The number of likely N-dealkylation sites (N-methyl/N-ethyl adjacent to an activating group) is 1. The van der Waals surface area contributed by atoms with Crippen molar-refractivity contribution in [2.75, 3.05) is 30.8 Å². The van der Waals surface area contributed by atoms with Crippen LogP contribution in [0.3, 0.4) is 0 Å². The van der Waals surface area contributed by atoms with E-state index >= 15 is 0 Å². The molecule has 4 rings (SSSR count). The average molecular weight is 482 g/mol. The third-order valence-electron chi connectivity index (χ3n) is 6.23. The summed E-state index contributed by atoms with van der Waals surface area (Å²) in [4.78, 5) is 39.3. The van der Waals surface area contributed by atoms with Gasteiger partial charge in [-0.15, -0.1) is 0 Å². The van der Waals surface area contributed by atoms with Crippen molar-refractivity contribution in [3.05, 3.63) is 94.5 Å². The normalized spacial score (nSPS) is 14.5. The van der Waals surface area contributed by atoms with E-state index in [1.807, 2.05) is 30.1 Å². The number of nitrogens with zero attached hydrogens (tertiary/aromatic N) is 2. The second-order valence-corrected chi connectivity index (χ2v) is 8.64. The van der Waals surface area contributed by atoms with E-state index in [1.54, 1.807) is 48.5 Å². The van der Waals surface area contributed by atoms with Crippen LogP contribution >= 0.6 is 0 Å². The summed E-state index contributed by atoms with van der Waals surface area (Å²) < 4.78 is 0. The Labute approximate surface area is 209 Å². The van der Waals surface area contributed by atoms with Gasteiger partial charge >= 0.3 is 6.03 Å². The molecule has 1 aliphatic heterocycles. The van der Waals surface area contributed by atoms with Crippen molar-refractivity contribution in [2.45, 2.75) is 19.4 Å². The van der Waals surface area contributed by atoms with Gasteiger partial charge in [0.15, 0.2) is 5.78 Å². The van der Waals surface area contributed by atoms with Crippen molar-refractivity contribution in [3.63, 3.8) is 0 Å². The lowest BCUT2D eigenvalue weighted by Crippen LogP contribution is -2.43. The first-order valence-corrected chi connectivity index (χ1v) is 11.7. The summed E-state index contributed by atoms with van der Waals surface area (Å²) in [7, 11) is 1.84. The van der Waals surface area contributed by atoms with E-state index in [1.165, 1.54) is 6.92 Å². The van der Waals surface area contributed by atoms with Gasteiger partial charge in [0, 0.05) is 35.6 Å². The highest BCUT2D eigenvalue weighted by Crippen LogP contribution is 2.34. The van der Waals surface area contributed by atoms with E-state index < -0.39 is 6.03 Å². The molecule has 8 nitrogen and oxygen atoms in total. The maximum Gasteiger partial charge on any atom is 0.323 e. The molecular weight excluding hydrogens is 454 g/mol. The molecule has 1 heterocycles. The first-order chi connectivity index (χ1) is 17.4. The van der Waals surface area contributed by atoms with Gasteiger partial charge in [-0.25, -0.2) is 4.79 Å². The van der Waals surface area contributed by atoms with Crippen LogP contribution in [0.4, 0.5) is 16.2 Å². The van der Waals surface area contributed by atoms with Crippen LogP contribution in [0.2, 0.25) is 0 Å². The molecule has 1 unspecified atom stereocenters. The molecule has 0 radical (unpaired) electrons. The molecule has 3 N–H and O–H groups in total. The predicted molar refractivity (Wildman–Crippen MR) is 138 cm³/mol. The predicted octanol–water partition coefficient (Wildman–Crippen LogP) is 4.36. The number of rotatable bonds is 7. The van der Waals surface area contributed by atoms with Crippen LogP contribution in [-0.2, 0) is 6.42 Å². The van der Waals surface area contributed by atoms with E-state index in [9.17, 15) is 14.4 Å². The second-order valence-electron chi connectivity index (χ2n) is 8.64. The van der Waals surface area contributed by atoms with Gasteiger partial charge in [0.2, 0.25) is 0 Å². The van der Waals surface area contributed by atoms with E-state index in [-0.39, 0.29) is 17.7 Å². The number of Topliss-reactive ketones (excluding diaryl/α,β-unsaturated/α-hetero) is 1. The highest BCUT2D eigenvalue weighted by molar-refractivity contribution is 6.03. The number of carbonyl (C=O) groups excluding carboxylic acids is 3. The summed E-state index contributed by atoms with van der Waals surface area (Å²) in [5.74, 6) is -0.153. The third kappa shape index (κ3) is 5.43. The highest BCUT2D eigenvalue weighted by atomic mass is 16.2. The van der Waals surface area contributed by atoms with Gasteiger partial charge in [0.1, 0.15) is 0 Å². The van der Waals surface area contributed by atoms with Gasteiger partial charge in [-0.05, 0) is 80.1 Å². The maximum atomic E-state index is 13.5. The Morgan fingerprint density at radius 3 is 2.31 bits per heavy atom. The summed E-state index contributed by atoms with van der Waals surface area (Å²) in [6, 6.07) is 20.9. The zero-order chi connectivity index (χ0) is 25.7. The first-order valence-electron chi connectivity index (χ1n) is 11.7. The van der Waals surface area contributed by atoms with E-state index in [2.05, 4.69) is 22.0 Å². The number of amides is 3. The lowest BCUT2D eigenvalue weighted by atomic mass is 9.88.